The highest BCUT2D eigenvalue weighted by Gasteiger charge is 2.19. The zero-order valence-electron chi connectivity index (χ0n) is 15.3. The zero-order chi connectivity index (χ0) is 20.1. The highest BCUT2D eigenvalue weighted by atomic mass is 79.9. The largest absolute Gasteiger partial charge is 0.508 e. The summed E-state index contributed by atoms with van der Waals surface area (Å²) < 4.78 is 25.1. The third-order valence-electron chi connectivity index (χ3n) is 3.97. The van der Waals surface area contributed by atoms with Gasteiger partial charge < -0.3 is 14.6 Å². The van der Waals surface area contributed by atoms with Crippen LogP contribution in [0.5, 0.6) is 11.5 Å². The third-order valence-corrected chi connectivity index (χ3v) is 5.07. The first-order chi connectivity index (χ1) is 12.7. The molecule has 0 aliphatic heterocycles. The van der Waals surface area contributed by atoms with Crippen LogP contribution in [-0.4, -0.2) is 24.3 Å². The highest BCUT2D eigenvalue weighted by Crippen LogP contribution is 2.36. The van der Waals surface area contributed by atoms with Gasteiger partial charge in [-0.2, -0.15) is 0 Å². The van der Waals surface area contributed by atoms with Crippen LogP contribution < -0.4 is 4.74 Å². The zero-order valence-corrected chi connectivity index (χ0v) is 17.7. The Bertz CT molecular complexity index is 839. The summed E-state index contributed by atoms with van der Waals surface area (Å²) in [6.07, 6.45) is 0.370. The maximum absolute atomic E-state index is 14.6. The van der Waals surface area contributed by atoms with E-state index in [1.54, 1.807) is 19.1 Å². The number of phenols is 1. The lowest BCUT2D eigenvalue weighted by atomic mass is 9.96. The van der Waals surface area contributed by atoms with E-state index in [4.69, 9.17) is 21.1 Å². The number of rotatable bonds is 7. The number of carbonyl (C=O) groups is 1. The summed E-state index contributed by atoms with van der Waals surface area (Å²) >= 11 is 9.61. The predicted molar refractivity (Wildman–Crippen MR) is 106 cm³/mol. The maximum atomic E-state index is 14.6. The lowest BCUT2D eigenvalue weighted by Crippen LogP contribution is -2.15. The van der Waals surface area contributed by atoms with Gasteiger partial charge in [0.2, 0.25) is 0 Å². The first-order valence-electron chi connectivity index (χ1n) is 8.51. The number of benzene rings is 2. The number of aromatic hydroxyl groups is 1. The van der Waals surface area contributed by atoms with E-state index in [1.165, 1.54) is 6.07 Å². The van der Waals surface area contributed by atoms with E-state index in [9.17, 15) is 14.3 Å². The van der Waals surface area contributed by atoms with Crippen molar-refractivity contribution in [1.29, 1.82) is 0 Å². The average molecular weight is 460 g/mol. The summed E-state index contributed by atoms with van der Waals surface area (Å²) in [6.45, 7) is 5.46. The van der Waals surface area contributed by atoms with Crippen molar-refractivity contribution < 1.29 is 23.8 Å². The number of ether oxygens (including phenoxy) is 2. The van der Waals surface area contributed by atoms with E-state index < -0.39 is 18.4 Å². The summed E-state index contributed by atoms with van der Waals surface area (Å²) in [4.78, 5) is 11.4. The van der Waals surface area contributed by atoms with Gasteiger partial charge in [-0.15, -0.1) is 0 Å². The molecule has 0 heterocycles. The lowest BCUT2D eigenvalue weighted by molar-refractivity contribution is -0.145. The van der Waals surface area contributed by atoms with Gasteiger partial charge in [0, 0.05) is 10.9 Å². The number of hydrogen-bond acceptors (Lipinski definition) is 4. The summed E-state index contributed by atoms with van der Waals surface area (Å²) in [5, 5.41) is 9.87. The van der Waals surface area contributed by atoms with Crippen molar-refractivity contribution in [2.75, 3.05) is 13.2 Å². The fraction of sp³-hybridized carbons (Fsp3) is 0.350. The molecule has 0 radical (unpaired) electrons. The monoisotopic (exact) mass is 458 g/mol. The minimum Gasteiger partial charge on any atom is -0.508 e. The van der Waals surface area contributed by atoms with Gasteiger partial charge >= 0.3 is 5.97 Å². The Hall–Kier alpha value is -1.79. The van der Waals surface area contributed by atoms with Crippen LogP contribution in [0.2, 0.25) is 5.02 Å². The molecule has 0 saturated carbocycles. The molecule has 0 saturated heterocycles. The molecule has 0 atom stereocenters. The van der Waals surface area contributed by atoms with E-state index in [1.807, 2.05) is 19.9 Å². The van der Waals surface area contributed by atoms with Gasteiger partial charge in [-0.1, -0.05) is 53.5 Å². The average Bonchev–Trinajstić information content (AvgIpc) is 2.62. The molecular weight excluding hydrogens is 439 g/mol. The van der Waals surface area contributed by atoms with Gasteiger partial charge in [0.15, 0.2) is 18.2 Å². The molecule has 0 aliphatic carbocycles. The second-order valence-electron chi connectivity index (χ2n) is 6.28. The van der Waals surface area contributed by atoms with Crippen LogP contribution in [0, 0.1) is 5.82 Å². The molecule has 4 nitrogen and oxygen atoms in total. The van der Waals surface area contributed by atoms with E-state index >= 15 is 0 Å². The summed E-state index contributed by atoms with van der Waals surface area (Å²) in [6, 6.07) is 6.72. The molecule has 0 fully saturated rings. The minimum absolute atomic E-state index is 0.0811. The fourth-order valence-electron chi connectivity index (χ4n) is 2.60. The Morgan fingerprint density at radius 1 is 1.33 bits per heavy atom. The number of hydrogen-bond donors (Lipinski definition) is 1. The van der Waals surface area contributed by atoms with Gasteiger partial charge in [0.1, 0.15) is 5.75 Å². The van der Waals surface area contributed by atoms with Gasteiger partial charge in [0.05, 0.1) is 11.6 Å². The normalized spacial score (nSPS) is 10.9. The van der Waals surface area contributed by atoms with Gasteiger partial charge in [-0.25, -0.2) is 9.18 Å². The van der Waals surface area contributed by atoms with Crippen molar-refractivity contribution >= 4 is 33.5 Å². The fourth-order valence-corrected chi connectivity index (χ4v) is 3.52. The molecule has 0 spiro atoms. The quantitative estimate of drug-likeness (QED) is 0.432. The molecule has 0 aliphatic rings. The second kappa shape index (κ2) is 9.42. The number of esters is 1. The standard InChI is InChI=1S/C20H21BrClFO4/c1-4-26-18(25)10-27-17-9-15(21)14(19(22)20(17)23)8-12-5-6-16(24)13(7-12)11(2)3/h5-7,9,11,24H,4,8,10H2,1-3H3. The first kappa shape index (κ1) is 21.5. The van der Waals surface area contributed by atoms with Gasteiger partial charge in [-0.3, -0.25) is 0 Å². The molecule has 7 heteroatoms. The van der Waals surface area contributed by atoms with Crippen LogP contribution in [0.3, 0.4) is 0 Å². The molecule has 2 aromatic rings. The molecular formula is C20H21BrClFO4. The summed E-state index contributed by atoms with van der Waals surface area (Å²) in [5.41, 5.74) is 2.26. The van der Waals surface area contributed by atoms with Crippen LogP contribution in [0.15, 0.2) is 28.7 Å². The SMILES string of the molecule is CCOC(=O)COc1cc(Br)c(Cc2ccc(O)c(C(C)C)c2)c(Cl)c1F. The predicted octanol–water partition coefficient (Wildman–Crippen LogP) is 5.60. The first-order valence-corrected chi connectivity index (χ1v) is 9.68. The van der Waals surface area contributed by atoms with Crippen LogP contribution in [-0.2, 0) is 16.0 Å². The molecule has 27 heavy (non-hydrogen) atoms. The van der Waals surface area contributed by atoms with Crippen molar-refractivity contribution in [3.05, 3.63) is 56.3 Å². The van der Waals surface area contributed by atoms with Crippen molar-refractivity contribution in [1.82, 2.24) is 0 Å². The molecule has 1 N–H and O–H groups in total. The number of carbonyl (C=O) groups excluding carboxylic acids is 1. The minimum atomic E-state index is -0.734. The molecule has 0 amide bonds. The lowest BCUT2D eigenvalue weighted by Gasteiger charge is -2.15. The summed E-state index contributed by atoms with van der Waals surface area (Å²) in [7, 11) is 0. The van der Waals surface area contributed by atoms with Crippen molar-refractivity contribution in [2.24, 2.45) is 0 Å². The molecule has 0 unspecified atom stereocenters. The molecule has 0 bridgehead atoms. The molecule has 0 aromatic heterocycles. The van der Waals surface area contributed by atoms with Crippen molar-refractivity contribution in [3.8, 4) is 11.5 Å². The number of halogens is 3. The van der Waals surface area contributed by atoms with E-state index in [-0.39, 0.29) is 29.0 Å². The van der Waals surface area contributed by atoms with E-state index in [0.29, 0.717) is 16.5 Å². The maximum Gasteiger partial charge on any atom is 0.344 e. The van der Waals surface area contributed by atoms with Crippen molar-refractivity contribution in [2.45, 2.75) is 33.1 Å². The Morgan fingerprint density at radius 3 is 2.67 bits per heavy atom. The Morgan fingerprint density at radius 2 is 2.04 bits per heavy atom. The van der Waals surface area contributed by atoms with Gasteiger partial charge in [0.25, 0.3) is 0 Å². The Kier molecular flexibility index (Phi) is 7.50. The van der Waals surface area contributed by atoms with Crippen molar-refractivity contribution in [3.63, 3.8) is 0 Å². The Balaban J connectivity index is 2.27. The smallest absolute Gasteiger partial charge is 0.344 e. The van der Waals surface area contributed by atoms with Crippen LogP contribution in [0.4, 0.5) is 4.39 Å². The number of phenolic OH excluding ortho intramolecular Hbond substituents is 1. The third kappa shape index (κ3) is 5.36. The molecule has 146 valence electrons. The molecule has 2 aromatic carbocycles. The van der Waals surface area contributed by atoms with Crippen LogP contribution >= 0.6 is 27.5 Å². The topological polar surface area (TPSA) is 55.8 Å². The highest BCUT2D eigenvalue weighted by molar-refractivity contribution is 9.10. The molecule has 2 rings (SSSR count). The summed E-state index contributed by atoms with van der Waals surface area (Å²) in [5.74, 6) is -1.06. The second-order valence-corrected chi connectivity index (χ2v) is 7.51. The van der Waals surface area contributed by atoms with E-state index in [0.717, 1.165) is 11.1 Å². The van der Waals surface area contributed by atoms with Gasteiger partial charge in [-0.05, 0) is 41.7 Å². The van der Waals surface area contributed by atoms with E-state index in [2.05, 4.69) is 15.9 Å². The Labute approximate surface area is 171 Å². The van der Waals surface area contributed by atoms with Crippen LogP contribution in [0.1, 0.15) is 43.4 Å². The van der Waals surface area contributed by atoms with Crippen LogP contribution in [0.25, 0.3) is 0 Å².